The summed E-state index contributed by atoms with van der Waals surface area (Å²) in [6, 6.07) is 15.0. The van der Waals surface area contributed by atoms with Crippen molar-refractivity contribution in [2.45, 2.75) is 36.7 Å². The summed E-state index contributed by atoms with van der Waals surface area (Å²) in [4.78, 5) is 12.4. The summed E-state index contributed by atoms with van der Waals surface area (Å²) in [5, 5.41) is 11.7. The zero-order chi connectivity index (χ0) is 20.1. The van der Waals surface area contributed by atoms with Gasteiger partial charge in [0, 0.05) is 11.4 Å². The molecule has 1 N–H and O–H groups in total. The Kier molecular flexibility index (Phi) is 6.99. The molecule has 3 aromatic rings. The Morgan fingerprint density at radius 2 is 1.89 bits per heavy atom. The van der Waals surface area contributed by atoms with Crippen molar-refractivity contribution in [1.82, 2.24) is 10.2 Å². The number of carbonyl (C=O) groups is 1. The molecule has 0 aliphatic carbocycles. The Morgan fingerprint density at radius 3 is 2.64 bits per heavy atom. The fourth-order valence-electron chi connectivity index (χ4n) is 2.56. The minimum Gasteiger partial charge on any atom is -0.416 e. The summed E-state index contributed by atoms with van der Waals surface area (Å²) in [5.41, 5.74) is 1.68. The van der Waals surface area contributed by atoms with Crippen molar-refractivity contribution < 1.29 is 9.21 Å². The molecule has 0 fully saturated rings. The van der Waals surface area contributed by atoms with Crippen LogP contribution in [-0.4, -0.2) is 21.4 Å². The molecular weight excluding hydrogens is 417 g/mol. The van der Waals surface area contributed by atoms with Gasteiger partial charge in [-0.05, 0) is 36.6 Å². The van der Waals surface area contributed by atoms with E-state index < -0.39 is 5.25 Å². The van der Waals surface area contributed by atoms with Crippen LogP contribution in [-0.2, 0) is 11.2 Å². The van der Waals surface area contributed by atoms with E-state index in [1.165, 1.54) is 17.3 Å². The lowest BCUT2D eigenvalue weighted by Gasteiger charge is -2.11. The van der Waals surface area contributed by atoms with Crippen LogP contribution in [0.25, 0.3) is 0 Å². The molecule has 0 bridgehead atoms. The van der Waals surface area contributed by atoms with Crippen LogP contribution in [0.1, 0.15) is 31.2 Å². The van der Waals surface area contributed by atoms with Gasteiger partial charge in [0.2, 0.25) is 11.8 Å². The van der Waals surface area contributed by atoms with Gasteiger partial charge in [0.05, 0.1) is 16.0 Å². The third-order valence-corrected chi connectivity index (χ3v) is 5.63. The first kappa shape index (κ1) is 20.7. The first-order chi connectivity index (χ1) is 13.4. The quantitative estimate of drug-likeness (QED) is 0.471. The zero-order valence-electron chi connectivity index (χ0n) is 15.4. The number of hydrogen-bond acceptors (Lipinski definition) is 5. The SMILES string of the molecule is CC(Sc1nnc(CC(C)c2ccccc2)o1)C(=O)Nc1cc(Cl)ccc1Cl. The van der Waals surface area contributed by atoms with Gasteiger partial charge in [-0.25, -0.2) is 0 Å². The summed E-state index contributed by atoms with van der Waals surface area (Å²) < 4.78 is 5.70. The molecule has 0 saturated carbocycles. The van der Waals surface area contributed by atoms with Crippen LogP contribution in [0.4, 0.5) is 5.69 Å². The number of nitrogens with one attached hydrogen (secondary N) is 1. The van der Waals surface area contributed by atoms with Gasteiger partial charge in [-0.3, -0.25) is 4.79 Å². The molecule has 8 heteroatoms. The lowest BCUT2D eigenvalue weighted by atomic mass is 9.98. The summed E-state index contributed by atoms with van der Waals surface area (Å²) in [5.74, 6) is 0.570. The van der Waals surface area contributed by atoms with Crippen molar-refractivity contribution >= 4 is 46.6 Å². The normalized spacial score (nSPS) is 13.1. The van der Waals surface area contributed by atoms with E-state index in [4.69, 9.17) is 27.6 Å². The molecule has 1 aromatic heterocycles. The Labute approximate surface area is 177 Å². The number of aromatic nitrogens is 2. The number of benzene rings is 2. The van der Waals surface area contributed by atoms with Crippen LogP contribution >= 0.6 is 35.0 Å². The summed E-state index contributed by atoms with van der Waals surface area (Å²) in [7, 11) is 0. The molecule has 146 valence electrons. The van der Waals surface area contributed by atoms with Gasteiger partial charge in [-0.15, -0.1) is 10.2 Å². The van der Waals surface area contributed by atoms with Crippen molar-refractivity contribution in [1.29, 1.82) is 0 Å². The molecule has 2 unspecified atom stereocenters. The number of nitrogens with zero attached hydrogens (tertiary/aromatic N) is 2. The van der Waals surface area contributed by atoms with Gasteiger partial charge in [0.25, 0.3) is 5.22 Å². The highest BCUT2D eigenvalue weighted by Gasteiger charge is 2.20. The van der Waals surface area contributed by atoms with Crippen LogP contribution in [0.3, 0.4) is 0 Å². The molecule has 0 radical (unpaired) electrons. The van der Waals surface area contributed by atoms with Crippen LogP contribution in [0.15, 0.2) is 58.2 Å². The topological polar surface area (TPSA) is 68.0 Å². The number of hydrogen-bond donors (Lipinski definition) is 1. The van der Waals surface area contributed by atoms with Crippen LogP contribution in [0.5, 0.6) is 0 Å². The van der Waals surface area contributed by atoms with Crippen molar-refractivity contribution in [2.75, 3.05) is 5.32 Å². The fourth-order valence-corrected chi connectivity index (χ4v) is 3.60. The second-order valence-corrected chi connectivity index (χ2v) is 8.49. The van der Waals surface area contributed by atoms with E-state index in [-0.39, 0.29) is 11.8 Å². The molecule has 5 nitrogen and oxygen atoms in total. The van der Waals surface area contributed by atoms with Crippen molar-refractivity contribution in [3.8, 4) is 0 Å². The van der Waals surface area contributed by atoms with E-state index in [1.54, 1.807) is 25.1 Å². The third kappa shape index (κ3) is 5.50. The minimum atomic E-state index is -0.449. The summed E-state index contributed by atoms with van der Waals surface area (Å²) in [6.07, 6.45) is 0.635. The third-order valence-electron chi connectivity index (χ3n) is 4.13. The second kappa shape index (κ2) is 9.45. The molecule has 1 amide bonds. The first-order valence-electron chi connectivity index (χ1n) is 8.72. The fraction of sp³-hybridized carbons (Fsp3) is 0.250. The van der Waals surface area contributed by atoms with E-state index in [1.807, 2.05) is 18.2 Å². The van der Waals surface area contributed by atoms with Gasteiger partial charge in [-0.2, -0.15) is 0 Å². The summed E-state index contributed by atoms with van der Waals surface area (Å²) >= 11 is 13.2. The lowest BCUT2D eigenvalue weighted by molar-refractivity contribution is -0.115. The Hall–Kier alpha value is -2.02. The predicted octanol–water partition coefficient (Wildman–Crippen LogP) is 5.84. The highest BCUT2D eigenvalue weighted by Crippen LogP contribution is 2.28. The van der Waals surface area contributed by atoms with Crippen LogP contribution in [0, 0.1) is 0 Å². The van der Waals surface area contributed by atoms with Gasteiger partial charge in [-0.1, -0.05) is 72.2 Å². The van der Waals surface area contributed by atoms with Gasteiger partial charge in [0.15, 0.2) is 0 Å². The highest BCUT2D eigenvalue weighted by atomic mass is 35.5. The van der Waals surface area contributed by atoms with E-state index >= 15 is 0 Å². The zero-order valence-corrected chi connectivity index (χ0v) is 17.7. The molecule has 2 atom stereocenters. The average Bonchev–Trinajstić information content (AvgIpc) is 3.12. The van der Waals surface area contributed by atoms with Gasteiger partial charge >= 0.3 is 0 Å². The molecule has 28 heavy (non-hydrogen) atoms. The molecule has 3 rings (SSSR count). The Bertz CT molecular complexity index is 950. The maximum absolute atomic E-state index is 12.4. The second-order valence-electron chi connectivity index (χ2n) is 6.35. The number of thioether (sulfide) groups is 1. The first-order valence-corrected chi connectivity index (χ1v) is 10.4. The Morgan fingerprint density at radius 1 is 1.14 bits per heavy atom. The maximum atomic E-state index is 12.4. The van der Waals surface area contributed by atoms with Gasteiger partial charge < -0.3 is 9.73 Å². The number of amides is 1. The standard InChI is InChI=1S/C20H19Cl2N3O2S/c1-12(14-6-4-3-5-7-14)10-18-24-25-20(27-18)28-13(2)19(26)23-17-11-15(21)8-9-16(17)22/h3-9,11-13H,10H2,1-2H3,(H,23,26). The monoisotopic (exact) mass is 435 g/mol. The molecule has 0 aliphatic heterocycles. The molecule has 0 saturated heterocycles. The number of halogens is 2. The van der Waals surface area contributed by atoms with E-state index in [0.29, 0.717) is 33.3 Å². The van der Waals surface area contributed by atoms with Crippen LogP contribution < -0.4 is 5.32 Å². The number of carbonyl (C=O) groups excluding carboxylic acids is 1. The highest BCUT2D eigenvalue weighted by molar-refractivity contribution is 8.00. The smallest absolute Gasteiger partial charge is 0.277 e. The predicted molar refractivity (Wildman–Crippen MR) is 113 cm³/mol. The number of anilines is 1. The average molecular weight is 436 g/mol. The maximum Gasteiger partial charge on any atom is 0.277 e. The lowest BCUT2D eigenvalue weighted by Crippen LogP contribution is -2.22. The van der Waals surface area contributed by atoms with Crippen molar-refractivity contribution in [2.24, 2.45) is 0 Å². The van der Waals surface area contributed by atoms with Crippen LogP contribution in [0.2, 0.25) is 10.0 Å². The molecule has 0 aliphatic rings. The minimum absolute atomic E-state index is 0.230. The van der Waals surface area contributed by atoms with E-state index in [0.717, 1.165) is 0 Å². The van der Waals surface area contributed by atoms with Crippen molar-refractivity contribution in [3.63, 3.8) is 0 Å². The largest absolute Gasteiger partial charge is 0.416 e. The van der Waals surface area contributed by atoms with Crippen molar-refractivity contribution in [3.05, 3.63) is 70.0 Å². The molecule has 2 aromatic carbocycles. The molecule has 1 heterocycles. The number of rotatable bonds is 7. The Balaban J connectivity index is 1.58. The van der Waals surface area contributed by atoms with E-state index in [9.17, 15) is 4.79 Å². The summed E-state index contributed by atoms with van der Waals surface area (Å²) in [6.45, 7) is 3.87. The molecular formula is C20H19Cl2N3O2S. The van der Waals surface area contributed by atoms with E-state index in [2.05, 4.69) is 34.6 Å². The van der Waals surface area contributed by atoms with Gasteiger partial charge in [0.1, 0.15) is 0 Å². The molecule has 0 spiro atoms.